The van der Waals surface area contributed by atoms with Crippen molar-refractivity contribution in [2.24, 2.45) is 5.14 Å². The third-order valence-corrected chi connectivity index (χ3v) is 5.57. The fourth-order valence-electron chi connectivity index (χ4n) is 2.73. The van der Waals surface area contributed by atoms with Crippen LogP contribution < -0.4 is 5.14 Å². The van der Waals surface area contributed by atoms with Crippen molar-refractivity contribution in [2.45, 2.75) is 24.3 Å². The second-order valence-electron chi connectivity index (χ2n) is 5.19. The van der Waals surface area contributed by atoms with Crippen LogP contribution in [0, 0.1) is 0 Å². The van der Waals surface area contributed by atoms with Crippen molar-refractivity contribution in [1.82, 2.24) is 9.27 Å². The fraction of sp³-hybridized carbons (Fsp3) is 0.357. The van der Waals surface area contributed by atoms with E-state index < -0.39 is 10.0 Å². The molecule has 3 rings (SSSR count). The van der Waals surface area contributed by atoms with Gasteiger partial charge in [0.25, 0.3) is 0 Å². The molecular weight excluding hydrogens is 306 g/mol. The maximum Gasteiger partial charge on any atom is 0.238 e. The van der Waals surface area contributed by atoms with Crippen LogP contribution >= 0.6 is 11.5 Å². The summed E-state index contributed by atoms with van der Waals surface area (Å²) in [6.45, 7) is 2.59. The van der Waals surface area contributed by atoms with Gasteiger partial charge < -0.3 is 0 Å². The molecule has 1 aliphatic rings. The van der Waals surface area contributed by atoms with E-state index in [1.165, 1.54) is 16.4 Å². The Labute approximate surface area is 128 Å². The van der Waals surface area contributed by atoms with E-state index in [9.17, 15) is 8.42 Å². The van der Waals surface area contributed by atoms with Crippen molar-refractivity contribution in [3.8, 4) is 0 Å². The molecule has 0 saturated carbocycles. The van der Waals surface area contributed by atoms with Gasteiger partial charge in [0.1, 0.15) is 0 Å². The molecule has 21 heavy (non-hydrogen) atoms. The minimum absolute atomic E-state index is 0.280. The Balaban J connectivity index is 1.74. The molecule has 0 aliphatic carbocycles. The Morgan fingerprint density at radius 1 is 1.33 bits per heavy atom. The largest absolute Gasteiger partial charge is 0.298 e. The Hall–Kier alpha value is -1.28. The summed E-state index contributed by atoms with van der Waals surface area (Å²) in [4.78, 5) is 3.90. The van der Waals surface area contributed by atoms with Crippen molar-refractivity contribution < 1.29 is 8.42 Å². The van der Waals surface area contributed by atoms with Crippen LogP contribution in [-0.2, 0) is 29.4 Å². The Morgan fingerprint density at radius 3 is 2.90 bits per heavy atom. The summed E-state index contributed by atoms with van der Waals surface area (Å²) in [5.41, 5.74) is 1.95. The highest BCUT2D eigenvalue weighted by atomic mass is 32.2. The molecule has 1 aliphatic heterocycles. The van der Waals surface area contributed by atoms with Crippen LogP contribution in [0.4, 0.5) is 0 Å². The number of benzene rings is 1. The molecule has 0 bridgehead atoms. The molecule has 5 nitrogen and oxygen atoms in total. The lowest BCUT2D eigenvalue weighted by atomic mass is 9.99. The molecule has 0 radical (unpaired) electrons. The second kappa shape index (κ2) is 5.84. The minimum Gasteiger partial charge on any atom is -0.298 e. The van der Waals surface area contributed by atoms with Crippen LogP contribution in [0.5, 0.6) is 0 Å². The van der Waals surface area contributed by atoms with E-state index in [1.807, 2.05) is 18.3 Å². The lowest BCUT2D eigenvalue weighted by molar-refractivity contribution is 0.256. The maximum absolute atomic E-state index is 11.6. The first-order chi connectivity index (χ1) is 10.0. The van der Waals surface area contributed by atoms with E-state index in [-0.39, 0.29) is 4.90 Å². The second-order valence-corrected chi connectivity index (χ2v) is 7.64. The molecule has 0 atom stereocenters. The van der Waals surface area contributed by atoms with Crippen molar-refractivity contribution >= 4 is 21.6 Å². The van der Waals surface area contributed by atoms with Gasteiger partial charge in [0.2, 0.25) is 10.0 Å². The molecular formula is C14H17N3O2S2. The van der Waals surface area contributed by atoms with E-state index in [0.29, 0.717) is 0 Å². The topological polar surface area (TPSA) is 76.3 Å². The zero-order valence-corrected chi connectivity index (χ0v) is 13.2. The van der Waals surface area contributed by atoms with E-state index in [0.717, 1.165) is 43.6 Å². The molecule has 2 N–H and O–H groups in total. The zero-order chi connectivity index (χ0) is 14.9. The summed E-state index contributed by atoms with van der Waals surface area (Å²) in [6, 6.07) is 7.40. The number of fused-ring (bicyclic) bond motifs is 1. The van der Waals surface area contributed by atoms with E-state index in [1.54, 1.807) is 12.1 Å². The standard InChI is InChI=1S/C14H17N3O2S2/c15-21(18,19)14-3-1-2-11-10-17(9-6-13(11)14)8-5-12-4-7-16-20-12/h1-4,7H,5-6,8-10H2,(H2,15,18,19). The highest BCUT2D eigenvalue weighted by Gasteiger charge is 2.22. The first-order valence-corrected chi connectivity index (χ1v) is 9.11. The Bertz CT molecular complexity index is 727. The van der Waals surface area contributed by atoms with Gasteiger partial charge in [0.15, 0.2) is 0 Å². The van der Waals surface area contributed by atoms with Gasteiger partial charge in [-0.15, -0.1) is 0 Å². The van der Waals surface area contributed by atoms with Gasteiger partial charge in [-0.3, -0.25) is 4.90 Å². The summed E-state index contributed by atoms with van der Waals surface area (Å²) in [5, 5.41) is 5.29. The summed E-state index contributed by atoms with van der Waals surface area (Å²) < 4.78 is 27.4. The summed E-state index contributed by atoms with van der Waals surface area (Å²) in [6.07, 6.45) is 3.53. The average molecular weight is 323 g/mol. The van der Waals surface area contributed by atoms with Gasteiger partial charge in [-0.05, 0) is 47.6 Å². The molecule has 1 aromatic carbocycles. The molecule has 112 valence electrons. The normalized spacial score (nSPS) is 15.9. The maximum atomic E-state index is 11.6. The fourth-order valence-corrected chi connectivity index (χ4v) is 4.14. The van der Waals surface area contributed by atoms with Gasteiger partial charge in [0, 0.05) is 30.7 Å². The lowest BCUT2D eigenvalue weighted by Gasteiger charge is -2.29. The van der Waals surface area contributed by atoms with Gasteiger partial charge in [-0.1, -0.05) is 12.1 Å². The van der Waals surface area contributed by atoms with Crippen molar-refractivity contribution in [1.29, 1.82) is 0 Å². The molecule has 0 unspecified atom stereocenters. The quantitative estimate of drug-likeness (QED) is 0.922. The highest BCUT2D eigenvalue weighted by molar-refractivity contribution is 7.89. The number of hydrogen-bond donors (Lipinski definition) is 1. The average Bonchev–Trinajstić information content (AvgIpc) is 2.96. The molecule has 0 saturated heterocycles. The van der Waals surface area contributed by atoms with Gasteiger partial charge in [-0.25, -0.2) is 17.9 Å². The number of sulfonamides is 1. The third kappa shape index (κ3) is 3.32. The minimum atomic E-state index is -3.63. The highest BCUT2D eigenvalue weighted by Crippen LogP contribution is 2.25. The smallest absolute Gasteiger partial charge is 0.238 e. The first kappa shape index (κ1) is 14.6. The van der Waals surface area contributed by atoms with Crippen LogP contribution in [0.15, 0.2) is 35.4 Å². The van der Waals surface area contributed by atoms with E-state index >= 15 is 0 Å². The van der Waals surface area contributed by atoms with Crippen LogP contribution in [0.25, 0.3) is 0 Å². The summed E-state index contributed by atoms with van der Waals surface area (Å²) in [5.74, 6) is 0. The Kier molecular flexibility index (Phi) is 4.08. The summed E-state index contributed by atoms with van der Waals surface area (Å²) in [7, 11) is -3.63. The lowest BCUT2D eigenvalue weighted by Crippen LogP contribution is -2.33. The number of aromatic nitrogens is 1. The first-order valence-electron chi connectivity index (χ1n) is 6.79. The predicted molar refractivity (Wildman–Crippen MR) is 82.6 cm³/mol. The number of hydrogen-bond acceptors (Lipinski definition) is 5. The van der Waals surface area contributed by atoms with Crippen molar-refractivity contribution in [3.63, 3.8) is 0 Å². The van der Waals surface area contributed by atoms with Gasteiger partial charge >= 0.3 is 0 Å². The van der Waals surface area contributed by atoms with E-state index in [2.05, 4.69) is 9.27 Å². The molecule has 7 heteroatoms. The van der Waals surface area contributed by atoms with Crippen LogP contribution in [-0.4, -0.2) is 30.8 Å². The van der Waals surface area contributed by atoms with Crippen LogP contribution in [0.2, 0.25) is 0 Å². The molecule has 1 aromatic heterocycles. The zero-order valence-electron chi connectivity index (χ0n) is 11.5. The number of nitrogens with zero attached hydrogens (tertiary/aromatic N) is 2. The molecule has 2 heterocycles. The molecule has 0 fully saturated rings. The number of primary sulfonamides is 1. The van der Waals surface area contributed by atoms with Crippen LogP contribution in [0.1, 0.15) is 16.0 Å². The molecule has 0 spiro atoms. The molecule has 2 aromatic rings. The van der Waals surface area contributed by atoms with Gasteiger partial charge in [-0.2, -0.15) is 0 Å². The van der Waals surface area contributed by atoms with E-state index in [4.69, 9.17) is 5.14 Å². The molecule has 0 amide bonds. The van der Waals surface area contributed by atoms with Crippen molar-refractivity contribution in [3.05, 3.63) is 46.5 Å². The SMILES string of the molecule is NS(=O)(=O)c1cccc2c1CCN(CCc1ccns1)C2. The predicted octanol–water partition coefficient (Wildman–Crippen LogP) is 1.39. The third-order valence-electron chi connectivity index (χ3n) is 3.77. The Morgan fingerprint density at radius 2 is 2.19 bits per heavy atom. The van der Waals surface area contributed by atoms with Crippen LogP contribution in [0.3, 0.4) is 0 Å². The monoisotopic (exact) mass is 323 g/mol. The van der Waals surface area contributed by atoms with Crippen molar-refractivity contribution in [2.75, 3.05) is 13.1 Å². The number of rotatable bonds is 4. The number of nitrogens with two attached hydrogens (primary N) is 1. The summed E-state index contributed by atoms with van der Waals surface area (Å²) >= 11 is 1.53. The van der Waals surface area contributed by atoms with Gasteiger partial charge in [0.05, 0.1) is 4.90 Å².